The van der Waals surface area contributed by atoms with Gasteiger partial charge in [0.1, 0.15) is 40.8 Å². The molecule has 2 aromatic rings. The van der Waals surface area contributed by atoms with Crippen molar-refractivity contribution in [2.24, 2.45) is 0 Å². The number of likely N-dealkylation sites (N-methyl/N-ethyl adjacent to an activating group) is 1. The highest BCUT2D eigenvalue weighted by molar-refractivity contribution is 6.03. The lowest BCUT2D eigenvalue weighted by molar-refractivity contribution is -0.118. The molecule has 0 saturated carbocycles. The Kier molecular flexibility index (Phi) is 6.70. The molecule has 8 nitrogen and oxygen atoms in total. The van der Waals surface area contributed by atoms with Crippen LogP contribution in [0.5, 0.6) is 23.0 Å². The van der Waals surface area contributed by atoms with Gasteiger partial charge in [0.2, 0.25) is 0 Å². The average Bonchev–Trinajstić information content (AvgIpc) is 2.66. The summed E-state index contributed by atoms with van der Waals surface area (Å²) in [5.41, 5.74) is 0.0797. The Morgan fingerprint density at radius 2 is 1.87 bits per heavy atom. The topological polar surface area (TPSA) is 97.3 Å². The number of hydrogen-bond acceptors (Lipinski definition) is 7. The predicted molar refractivity (Wildman–Crippen MR) is 116 cm³/mol. The third kappa shape index (κ3) is 6.11. The van der Waals surface area contributed by atoms with Crippen molar-refractivity contribution in [3.05, 3.63) is 42.0 Å². The zero-order valence-corrected chi connectivity index (χ0v) is 18.2. The maximum Gasteiger partial charge on any atom is 0.262 e. The van der Waals surface area contributed by atoms with Gasteiger partial charge in [0.25, 0.3) is 5.91 Å². The number of phenols is 1. The Balaban J connectivity index is 1.55. The standard InChI is InChI=1S/C23H28N2O6/c1-23(2)13-19(27)22-18(26)11-17(12-20(22)31-23)30-14-21(28)24-15-5-7-16(8-6-15)29-10-9-25(3)4/h5-8,11-12,26H,9-10,13-14H2,1-4H3,(H,24,28). The quantitative estimate of drug-likeness (QED) is 0.667. The number of fused-ring (bicyclic) bond motifs is 1. The van der Waals surface area contributed by atoms with E-state index in [0.717, 1.165) is 12.3 Å². The molecule has 31 heavy (non-hydrogen) atoms. The molecule has 2 aromatic carbocycles. The molecule has 8 heteroatoms. The van der Waals surface area contributed by atoms with Crippen molar-refractivity contribution in [2.75, 3.05) is 39.2 Å². The van der Waals surface area contributed by atoms with Crippen molar-refractivity contribution in [1.82, 2.24) is 4.90 Å². The van der Waals surface area contributed by atoms with Gasteiger partial charge in [0, 0.05) is 24.4 Å². The summed E-state index contributed by atoms with van der Waals surface area (Å²) in [5, 5.41) is 12.9. The second-order valence-corrected chi connectivity index (χ2v) is 8.29. The Morgan fingerprint density at radius 3 is 2.55 bits per heavy atom. The number of nitrogens with zero attached hydrogens (tertiary/aromatic N) is 1. The molecular formula is C23H28N2O6. The molecule has 3 rings (SSSR count). The van der Waals surface area contributed by atoms with Crippen LogP contribution < -0.4 is 19.5 Å². The molecular weight excluding hydrogens is 400 g/mol. The highest BCUT2D eigenvalue weighted by Crippen LogP contribution is 2.40. The number of hydrogen-bond donors (Lipinski definition) is 2. The number of rotatable bonds is 8. The first kappa shape index (κ1) is 22.4. The number of anilines is 1. The summed E-state index contributed by atoms with van der Waals surface area (Å²) >= 11 is 0. The highest BCUT2D eigenvalue weighted by Gasteiger charge is 2.35. The van der Waals surface area contributed by atoms with Gasteiger partial charge in [0.05, 0.1) is 6.42 Å². The van der Waals surface area contributed by atoms with Crippen LogP contribution in [0.3, 0.4) is 0 Å². The van der Waals surface area contributed by atoms with E-state index in [1.54, 1.807) is 38.1 Å². The zero-order valence-electron chi connectivity index (χ0n) is 18.2. The minimum absolute atomic E-state index is 0.143. The number of carbonyl (C=O) groups excluding carboxylic acids is 2. The van der Waals surface area contributed by atoms with Gasteiger partial charge in [-0.2, -0.15) is 0 Å². The Bertz CT molecular complexity index is 953. The molecule has 1 heterocycles. The lowest BCUT2D eigenvalue weighted by atomic mass is 9.92. The van der Waals surface area contributed by atoms with E-state index in [1.807, 2.05) is 19.0 Å². The summed E-state index contributed by atoms with van der Waals surface area (Å²) in [5.74, 6) is 0.428. The number of ether oxygens (including phenoxy) is 3. The van der Waals surface area contributed by atoms with Crippen LogP contribution in [0.4, 0.5) is 5.69 Å². The van der Waals surface area contributed by atoms with Gasteiger partial charge in [-0.3, -0.25) is 9.59 Å². The second-order valence-electron chi connectivity index (χ2n) is 8.29. The molecule has 166 valence electrons. The summed E-state index contributed by atoms with van der Waals surface area (Å²) in [6.07, 6.45) is 0.176. The largest absolute Gasteiger partial charge is 0.507 e. The van der Waals surface area contributed by atoms with Crippen LogP contribution in [-0.4, -0.2) is 61.2 Å². The van der Waals surface area contributed by atoms with E-state index in [1.165, 1.54) is 12.1 Å². The third-order valence-electron chi connectivity index (χ3n) is 4.62. The fourth-order valence-electron chi connectivity index (χ4n) is 3.16. The number of amides is 1. The summed E-state index contributed by atoms with van der Waals surface area (Å²) in [7, 11) is 3.95. The highest BCUT2D eigenvalue weighted by atomic mass is 16.5. The zero-order chi connectivity index (χ0) is 22.6. The number of carbonyl (C=O) groups is 2. The van der Waals surface area contributed by atoms with E-state index < -0.39 is 5.60 Å². The Morgan fingerprint density at radius 1 is 1.16 bits per heavy atom. The van der Waals surface area contributed by atoms with Crippen molar-refractivity contribution in [2.45, 2.75) is 25.9 Å². The van der Waals surface area contributed by atoms with Crippen LogP contribution in [0.1, 0.15) is 30.6 Å². The fraction of sp³-hybridized carbons (Fsp3) is 0.391. The van der Waals surface area contributed by atoms with E-state index in [0.29, 0.717) is 12.3 Å². The second kappa shape index (κ2) is 9.26. The van der Waals surface area contributed by atoms with Gasteiger partial charge >= 0.3 is 0 Å². The van der Waals surface area contributed by atoms with Crippen molar-refractivity contribution < 1.29 is 28.9 Å². The number of benzene rings is 2. The summed E-state index contributed by atoms with van der Waals surface area (Å²) in [6, 6.07) is 9.88. The Labute approximate surface area is 181 Å². The van der Waals surface area contributed by atoms with Gasteiger partial charge in [0.15, 0.2) is 12.4 Å². The van der Waals surface area contributed by atoms with Crippen LogP contribution in [0.15, 0.2) is 36.4 Å². The van der Waals surface area contributed by atoms with Crippen molar-refractivity contribution in [1.29, 1.82) is 0 Å². The first-order chi connectivity index (χ1) is 14.6. The van der Waals surface area contributed by atoms with Gasteiger partial charge in [-0.1, -0.05) is 0 Å². The summed E-state index contributed by atoms with van der Waals surface area (Å²) in [6.45, 7) is 4.71. The lowest BCUT2D eigenvalue weighted by Gasteiger charge is -2.32. The molecule has 0 spiro atoms. The van der Waals surface area contributed by atoms with E-state index >= 15 is 0 Å². The smallest absolute Gasteiger partial charge is 0.262 e. The maximum atomic E-state index is 12.3. The maximum absolute atomic E-state index is 12.3. The number of aromatic hydroxyl groups is 1. The van der Waals surface area contributed by atoms with Crippen LogP contribution in [0.25, 0.3) is 0 Å². The number of Topliss-reactive ketones (excluding diaryl/α,β-unsaturated/α-hetero) is 1. The van der Waals surface area contributed by atoms with Crippen molar-refractivity contribution >= 4 is 17.4 Å². The van der Waals surface area contributed by atoms with E-state index in [9.17, 15) is 14.7 Å². The number of ketones is 1. The molecule has 1 aliphatic heterocycles. The fourth-order valence-corrected chi connectivity index (χ4v) is 3.16. The predicted octanol–water partition coefficient (Wildman–Crippen LogP) is 3.09. The van der Waals surface area contributed by atoms with E-state index in [2.05, 4.69) is 5.32 Å². The SMILES string of the molecule is CN(C)CCOc1ccc(NC(=O)COc2cc(O)c3c(c2)OC(C)(C)CC3=O)cc1. The van der Waals surface area contributed by atoms with Crippen LogP contribution in [-0.2, 0) is 4.79 Å². The number of nitrogens with one attached hydrogen (secondary N) is 1. The molecule has 0 saturated heterocycles. The first-order valence-corrected chi connectivity index (χ1v) is 10.0. The summed E-state index contributed by atoms with van der Waals surface area (Å²) < 4.78 is 16.9. The molecule has 0 bridgehead atoms. The summed E-state index contributed by atoms with van der Waals surface area (Å²) in [4.78, 5) is 26.5. The van der Waals surface area contributed by atoms with Crippen molar-refractivity contribution in [3.63, 3.8) is 0 Å². The lowest BCUT2D eigenvalue weighted by Crippen LogP contribution is -2.35. The van der Waals surface area contributed by atoms with Crippen molar-refractivity contribution in [3.8, 4) is 23.0 Å². The average molecular weight is 428 g/mol. The monoisotopic (exact) mass is 428 g/mol. The van der Waals surface area contributed by atoms with Gasteiger partial charge in [-0.25, -0.2) is 0 Å². The van der Waals surface area contributed by atoms with Crippen LogP contribution >= 0.6 is 0 Å². The minimum atomic E-state index is -0.672. The minimum Gasteiger partial charge on any atom is -0.507 e. The molecule has 2 N–H and O–H groups in total. The molecule has 1 amide bonds. The molecule has 0 radical (unpaired) electrons. The molecule has 0 fully saturated rings. The van der Waals surface area contributed by atoms with E-state index in [-0.39, 0.29) is 47.5 Å². The molecule has 0 aromatic heterocycles. The molecule has 0 atom stereocenters. The number of phenolic OH excluding ortho intramolecular Hbond substituents is 1. The molecule has 0 aliphatic carbocycles. The first-order valence-electron chi connectivity index (χ1n) is 10.0. The van der Waals surface area contributed by atoms with Gasteiger partial charge < -0.3 is 29.5 Å². The normalized spacial score (nSPS) is 14.5. The van der Waals surface area contributed by atoms with Gasteiger partial charge in [-0.15, -0.1) is 0 Å². The molecule has 1 aliphatic rings. The Hall–Kier alpha value is -3.26. The van der Waals surface area contributed by atoms with Crippen LogP contribution in [0.2, 0.25) is 0 Å². The third-order valence-corrected chi connectivity index (χ3v) is 4.62. The van der Waals surface area contributed by atoms with Gasteiger partial charge in [-0.05, 0) is 52.2 Å². The van der Waals surface area contributed by atoms with E-state index in [4.69, 9.17) is 14.2 Å². The molecule has 0 unspecified atom stereocenters. The van der Waals surface area contributed by atoms with Crippen LogP contribution in [0, 0.1) is 0 Å².